The third kappa shape index (κ3) is 3.14. The van der Waals surface area contributed by atoms with Crippen molar-refractivity contribution in [3.63, 3.8) is 0 Å². The molecule has 2 aromatic rings. The highest BCUT2D eigenvalue weighted by Crippen LogP contribution is 2.40. The lowest BCUT2D eigenvalue weighted by atomic mass is 9.95. The summed E-state index contributed by atoms with van der Waals surface area (Å²) in [7, 11) is 1.80. The Morgan fingerprint density at radius 2 is 1.81 bits per heavy atom. The highest BCUT2D eigenvalue weighted by Gasteiger charge is 2.54. The normalized spacial score (nSPS) is 20.3. The predicted octanol–water partition coefficient (Wildman–Crippen LogP) is 3.09. The SMILES string of the molecule is CN1CC2(COC2)N(c2ccc(-c3cccc(N4CCC(=O)NC4=O)c3Cl)cc2)C1=O. The second kappa shape index (κ2) is 7.25. The van der Waals surface area contributed by atoms with Crippen LogP contribution in [0.3, 0.4) is 0 Å². The number of hydrogen-bond acceptors (Lipinski definition) is 4. The van der Waals surface area contributed by atoms with Crippen molar-refractivity contribution in [3.05, 3.63) is 47.5 Å². The maximum absolute atomic E-state index is 12.7. The molecule has 3 aliphatic heterocycles. The minimum Gasteiger partial charge on any atom is -0.376 e. The largest absolute Gasteiger partial charge is 0.376 e. The molecular weight excluding hydrogens is 420 g/mol. The molecule has 5 amide bonds. The third-order valence-corrected chi connectivity index (χ3v) is 6.42. The monoisotopic (exact) mass is 440 g/mol. The van der Waals surface area contributed by atoms with Crippen LogP contribution >= 0.6 is 11.6 Å². The van der Waals surface area contributed by atoms with Gasteiger partial charge in [-0.2, -0.15) is 0 Å². The summed E-state index contributed by atoms with van der Waals surface area (Å²) in [5.41, 5.74) is 2.69. The molecule has 31 heavy (non-hydrogen) atoms. The number of hydrogen-bond donors (Lipinski definition) is 1. The Labute approximate surface area is 184 Å². The Bertz CT molecular complexity index is 1080. The average molecular weight is 441 g/mol. The lowest BCUT2D eigenvalue weighted by Gasteiger charge is -2.43. The maximum Gasteiger partial charge on any atom is 0.328 e. The molecule has 3 saturated heterocycles. The second-order valence-corrected chi connectivity index (χ2v) is 8.51. The van der Waals surface area contributed by atoms with Gasteiger partial charge < -0.3 is 9.64 Å². The quantitative estimate of drug-likeness (QED) is 0.795. The van der Waals surface area contributed by atoms with Crippen molar-refractivity contribution < 1.29 is 19.1 Å². The van der Waals surface area contributed by atoms with Gasteiger partial charge in [0.15, 0.2) is 0 Å². The third-order valence-electron chi connectivity index (χ3n) is 6.02. The predicted molar refractivity (Wildman–Crippen MR) is 116 cm³/mol. The zero-order valence-electron chi connectivity index (χ0n) is 16.9. The van der Waals surface area contributed by atoms with Crippen molar-refractivity contribution >= 4 is 40.9 Å². The number of imide groups is 1. The first kappa shape index (κ1) is 19.8. The smallest absolute Gasteiger partial charge is 0.328 e. The van der Waals surface area contributed by atoms with E-state index < -0.39 is 6.03 Å². The number of urea groups is 2. The average Bonchev–Trinajstić information content (AvgIpc) is 3.00. The van der Waals surface area contributed by atoms with E-state index in [9.17, 15) is 14.4 Å². The molecule has 160 valence electrons. The molecule has 0 bridgehead atoms. The fourth-order valence-corrected chi connectivity index (χ4v) is 4.77. The molecule has 1 N–H and O–H groups in total. The molecule has 2 aromatic carbocycles. The highest BCUT2D eigenvalue weighted by molar-refractivity contribution is 6.36. The van der Waals surface area contributed by atoms with Crippen LogP contribution in [0.2, 0.25) is 5.02 Å². The molecule has 0 radical (unpaired) electrons. The molecule has 5 rings (SSSR count). The zero-order chi connectivity index (χ0) is 21.8. The Morgan fingerprint density at radius 1 is 1.06 bits per heavy atom. The van der Waals surface area contributed by atoms with Crippen molar-refractivity contribution in [3.8, 4) is 11.1 Å². The summed E-state index contributed by atoms with van der Waals surface area (Å²) in [6, 6.07) is 12.6. The van der Waals surface area contributed by atoms with Gasteiger partial charge in [-0.3, -0.25) is 19.9 Å². The van der Waals surface area contributed by atoms with Gasteiger partial charge in [-0.1, -0.05) is 35.9 Å². The molecule has 0 aromatic heterocycles. The Kier molecular flexibility index (Phi) is 4.64. The van der Waals surface area contributed by atoms with Crippen LogP contribution in [-0.2, 0) is 9.53 Å². The molecule has 1 spiro atoms. The van der Waals surface area contributed by atoms with Crippen molar-refractivity contribution in [2.75, 3.05) is 43.2 Å². The van der Waals surface area contributed by atoms with Crippen LogP contribution in [0.4, 0.5) is 21.0 Å². The van der Waals surface area contributed by atoms with E-state index in [4.69, 9.17) is 16.3 Å². The molecule has 8 nitrogen and oxygen atoms in total. The van der Waals surface area contributed by atoms with Crippen molar-refractivity contribution in [2.45, 2.75) is 12.0 Å². The Morgan fingerprint density at radius 3 is 2.45 bits per heavy atom. The number of anilines is 2. The summed E-state index contributed by atoms with van der Waals surface area (Å²) < 4.78 is 5.41. The van der Waals surface area contributed by atoms with Crippen LogP contribution in [-0.4, -0.2) is 61.8 Å². The fourth-order valence-electron chi connectivity index (χ4n) is 4.43. The number of carbonyl (C=O) groups is 3. The number of rotatable bonds is 3. The number of nitrogens with one attached hydrogen (secondary N) is 1. The lowest BCUT2D eigenvalue weighted by molar-refractivity contribution is -0.120. The molecule has 3 heterocycles. The molecule has 0 aliphatic carbocycles. The first-order valence-corrected chi connectivity index (χ1v) is 10.4. The van der Waals surface area contributed by atoms with Gasteiger partial charge in [0.25, 0.3) is 0 Å². The van der Waals surface area contributed by atoms with Gasteiger partial charge in [0.1, 0.15) is 5.54 Å². The Balaban J connectivity index is 1.45. The number of halogens is 1. The van der Waals surface area contributed by atoms with Crippen LogP contribution in [0.25, 0.3) is 11.1 Å². The number of ether oxygens (including phenoxy) is 1. The number of likely N-dealkylation sites (N-methyl/N-ethyl adjacent to an activating group) is 1. The van der Waals surface area contributed by atoms with E-state index >= 15 is 0 Å². The molecule has 0 unspecified atom stereocenters. The molecule has 3 aliphatic rings. The summed E-state index contributed by atoms with van der Waals surface area (Å²) in [4.78, 5) is 41.4. The number of nitrogens with zero attached hydrogens (tertiary/aromatic N) is 3. The van der Waals surface area contributed by atoms with Gasteiger partial charge in [-0.25, -0.2) is 9.59 Å². The van der Waals surface area contributed by atoms with E-state index in [1.165, 1.54) is 4.90 Å². The molecule has 9 heteroatoms. The van der Waals surface area contributed by atoms with Crippen LogP contribution in [0, 0.1) is 0 Å². The van der Waals surface area contributed by atoms with Crippen LogP contribution in [0.1, 0.15) is 6.42 Å². The van der Waals surface area contributed by atoms with E-state index in [0.29, 0.717) is 30.5 Å². The van der Waals surface area contributed by atoms with E-state index in [2.05, 4.69) is 5.32 Å². The first-order chi connectivity index (χ1) is 14.9. The molecule has 0 saturated carbocycles. The van der Waals surface area contributed by atoms with Gasteiger partial charge in [0.2, 0.25) is 5.91 Å². The highest BCUT2D eigenvalue weighted by atomic mass is 35.5. The van der Waals surface area contributed by atoms with E-state index in [0.717, 1.165) is 16.8 Å². The summed E-state index contributed by atoms with van der Waals surface area (Å²) in [6.07, 6.45) is 0.227. The topological polar surface area (TPSA) is 82.2 Å². The van der Waals surface area contributed by atoms with Crippen LogP contribution in [0.15, 0.2) is 42.5 Å². The summed E-state index contributed by atoms with van der Waals surface area (Å²) in [5.74, 6) is -0.291. The first-order valence-electron chi connectivity index (χ1n) is 10.0. The maximum atomic E-state index is 12.7. The van der Waals surface area contributed by atoms with Gasteiger partial charge in [-0.05, 0) is 23.8 Å². The summed E-state index contributed by atoms with van der Waals surface area (Å²) in [5, 5.41) is 2.75. The van der Waals surface area contributed by atoms with Crippen LogP contribution in [0.5, 0.6) is 0 Å². The zero-order valence-corrected chi connectivity index (χ0v) is 17.7. The van der Waals surface area contributed by atoms with Gasteiger partial charge >= 0.3 is 12.1 Å². The van der Waals surface area contributed by atoms with Crippen LogP contribution < -0.4 is 15.1 Å². The fraction of sp³-hybridized carbons (Fsp3) is 0.318. The lowest BCUT2D eigenvalue weighted by Crippen LogP contribution is -2.61. The standard InChI is InChI=1S/C22H21ClN4O4/c1-25-11-22(12-31-13-22)27(21(25)30)15-7-5-14(6-8-15)16-3-2-4-17(19(16)23)26-10-9-18(28)24-20(26)29/h2-8H,9-13H2,1H3,(H,24,28,29). The Hall–Kier alpha value is -3.10. The summed E-state index contributed by atoms with van der Waals surface area (Å²) in [6.45, 7) is 1.97. The summed E-state index contributed by atoms with van der Waals surface area (Å²) >= 11 is 6.67. The number of amides is 5. The van der Waals surface area contributed by atoms with Gasteiger partial charge in [0, 0.05) is 31.3 Å². The minimum absolute atomic E-state index is 0.0401. The number of carbonyl (C=O) groups excluding carboxylic acids is 3. The van der Waals surface area contributed by atoms with E-state index in [1.54, 1.807) is 18.0 Å². The van der Waals surface area contributed by atoms with Gasteiger partial charge in [0.05, 0.1) is 30.5 Å². The van der Waals surface area contributed by atoms with Crippen molar-refractivity contribution in [2.24, 2.45) is 0 Å². The minimum atomic E-state index is -0.477. The van der Waals surface area contributed by atoms with E-state index in [-0.39, 0.29) is 30.4 Å². The second-order valence-electron chi connectivity index (χ2n) is 8.13. The van der Waals surface area contributed by atoms with Crippen molar-refractivity contribution in [1.29, 1.82) is 0 Å². The van der Waals surface area contributed by atoms with Crippen molar-refractivity contribution in [1.82, 2.24) is 10.2 Å². The molecular formula is C22H21ClN4O4. The molecule has 3 fully saturated rings. The van der Waals surface area contributed by atoms with Gasteiger partial charge in [-0.15, -0.1) is 0 Å². The number of benzene rings is 2. The van der Waals surface area contributed by atoms with E-state index in [1.807, 2.05) is 41.3 Å². The molecule has 0 atom stereocenters.